The van der Waals surface area contributed by atoms with Crippen molar-refractivity contribution >= 4 is 37.3 Å². The molecule has 0 saturated carbocycles. The largest absolute Gasteiger partial charge is 0.348 e. The quantitative estimate of drug-likeness (QED) is 0.910. The van der Waals surface area contributed by atoms with Crippen LogP contribution >= 0.6 is 11.3 Å². The maximum absolute atomic E-state index is 12.5. The molecule has 1 fully saturated rings. The van der Waals surface area contributed by atoms with E-state index < -0.39 is 9.84 Å². The summed E-state index contributed by atoms with van der Waals surface area (Å²) in [6.07, 6.45) is 0.494. The zero-order valence-corrected chi connectivity index (χ0v) is 14.4. The van der Waals surface area contributed by atoms with E-state index in [1.165, 1.54) is 11.3 Å². The summed E-state index contributed by atoms with van der Waals surface area (Å²) in [5.41, 5.74) is 2.96. The number of hydrogen-bond acceptors (Lipinski definition) is 5. The molecule has 1 atom stereocenters. The first kappa shape index (κ1) is 15.4. The molecule has 0 radical (unpaired) electrons. The molecule has 1 aliphatic rings. The normalized spacial score (nSPS) is 20.4. The van der Waals surface area contributed by atoms with Crippen LogP contribution in [0.2, 0.25) is 0 Å². The second-order valence-corrected chi connectivity index (χ2v) is 9.12. The zero-order valence-electron chi connectivity index (χ0n) is 12.8. The lowest BCUT2D eigenvalue weighted by molar-refractivity contribution is 0.0945. The Morgan fingerprint density at radius 3 is 2.73 bits per heavy atom. The predicted molar refractivity (Wildman–Crippen MR) is 88.4 cm³/mol. The molecular formula is C15H18N2O3S2. The van der Waals surface area contributed by atoms with Crippen molar-refractivity contribution < 1.29 is 13.2 Å². The number of aryl methyl sites for hydroxylation is 3. The van der Waals surface area contributed by atoms with E-state index in [1.807, 2.05) is 26.8 Å². The molecule has 1 saturated heterocycles. The van der Waals surface area contributed by atoms with Crippen LogP contribution in [0.1, 0.15) is 32.9 Å². The predicted octanol–water partition coefficient (Wildman–Crippen LogP) is 2.14. The minimum atomic E-state index is -2.99. The van der Waals surface area contributed by atoms with E-state index >= 15 is 0 Å². The Morgan fingerprint density at radius 2 is 2.09 bits per heavy atom. The van der Waals surface area contributed by atoms with Gasteiger partial charge in [0.1, 0.15) is 4.83 Å². The van der Waals surface area contributed by atoms with Crippen LogP contribution in [-0.4, -0.2) is 36.9 Å². The van der Waals surface area contributed by atoms with Crippen LogP contribution < -0.4 is 5.32 Å². The van der Waals surface area contributed by atoms with Crippen molar-refractivity contribution in [2.75, 3.05) is 11.5 Å². The van der Waals surface area contributed by atoms with Gasteiger partial charge in [0.25, 0.3) is 5.91 Å². The fourth-order valence-corrected chi connectivity index (χ4v) is 5.87. The fraction of sp³-hybridized carbons (Fsp3) is 0.467. The molecule has 0 aliphatic carbocycles. The standard InChI is InChI=1S/C15H18N2O3S2/c1-8-6-9(2)16-15-12(8)10(3)13(21-15)14(18)17-11-4-5-22(19,20)7-11/h6,11H,4-5,7H2,1-3H3,(H,17,18). The first-order chi connectivity index (χ1) is 10.3. The smallest absolute Gasteiger partial charge is 0.261 e. The van der Waals surface area contributed by atoms with Gasteiger partial charge < -0.3 is 5.32 Å². The molecule has 7 heteroatoms. The van der Waals surface area contributed by atoms with Crippen LogP contribution in [0.25, 0.3) is 10.2 Å². The maximum Gasteiger partial charge on any atom is 0.261 e. The molecule has 0 bridgehead atoms. The first-order valence-corrected chi connectivity index (χ1v) is 9.79. The summed E-state index contributed by atoms with van der Waals surface area (Å²) in [7, 11) is -2.99. The molecule has 1 unspecified atom stereocenters. The molecule has 2 aromatic heterocycles. The molecule has 3 heterocycles. The van der Waals surface area contributed by atoms with Gasteiger partial charge in [-0.3, -0.25) is 4.79 Å². The third-order valence-corrected chi connectivity index (χ3v) is 6.95. The van der Waals surface area contributed by atoms with Gasteiger partial charge in [-0.05, 0) is 44.4 Å². The third kappa shape index (κ3) is 2.75. The van der Waals surface area contributed by atoms with E-state index in [0.717, 1.165) is 27.0 Å². The molecular weight excluding hydrogens is 320 g/mol. The molecule has 0 spiro atoms. The van der Waals surface area contributed by atoms with Crippen LogP contribution in [0, 0.1) is 20.8 Å². The number of carbonyl (C=O) groups excluding carboxylic acids is 1. The Hall–Kier alpha value is -1.47. The number of pyridine rings is 1. The Morgan fingerprint density at radius 1 is 1.36 bits per heavy atom. The summed E-state index contributed by atoms with van der Waals surface area (Å²) in [6.45, 7) is 5.87. The van der Waals surface area contributed by atoms with Crippen molar-refractivity contribution in [1.29, 1.82) is 0 Å². The van der Waals surface area contributed by atoms with Crippen molar-refractivity contribution in [3.05, 3.63) is 27.8 Å². The fourth-order valence-electron chi connectivity index (χ4n) is 3.00. The minimum absolute atomic E-state index is 0.0407. The van der Waals surface area contributed by atoms with Crippen molar-refractivity contribution in [1.82, 2.24) is 10.3 Å². The first-order valence-electron chi connectivity index (χ1n) is 7.15. The van der Waals surface area contributed by atoms with Gasteiger partial charge in [0, 0.05) is 17.1 Å². The summed E-state index contributed by atoms with van der Waals surface area (Å²) in [4.78, 5) is 18.5. The number of carbonyl (C=O) groups is 1. The highest BCUT2D eigenvalue weighted by atomic mass is 32.2. The highest BCUT2D eigenvalue weighted by molar-refractivity contribution is 7.91. The second-order valence-electron chi connectivity index (χ2n) is 5.89. The number of fused-ring (bicyclic) bond motifs is 1. The zero-order chi connectivity index (χ0) is 16.1. The van der Waals surface area contributed by atoms with Gasteiger partial charge in [0.2, 0.25) is 0 Å². The van der Waals surface area contributed by atoms with Gasteiger partial charge >= 0.3 is 0 Å². The lowest BCUT2D eigenvalue weighted by atomic mass is 10.1. The lowest BCUT2D eigenvalue weighted by Crippen LogP contribution is -2.35. The Kier molecular flexibility index (Phi) is 3.72. The Labute approximate surface area is 133 Å². The highest BCUT2D eigenvalue weighted by Gasteiger charge is 2.30. The molecule has 3 rings (SSSR count). The summed E-state index contributed by atoms with van der Waals surface area (Å²) in [5, 5.41) is 3.88. The minimum Gasteiger partial charge on any atom is -0.348 e. The molecule has 118 valence electrons. The number of aromatic nitrogens is 1. The molecule has 2 aromatic rings. The highest BCUT2D eigenvalue weighted by Crippen LogP contribution is 2.32. The SMILES string of the molecule is Cc1cc(C)c2c(C)c(C(=O)NC3CCS(=O)(=O)C3)sc2n1. The second kappa shape index (κ2) is 5.31. The van der Waals surface area contributed by atoms with Crippen molar-refractivity contribution in [2.45, 2.75) is 33.2 Å². The topological polar surface area (TPSA) is 76.1 Å². The van der Waals surface area contributed by atoms with E-state index in [-0.39, 0.29) is 23.5 Å². The number of hydrogen-bond donors (Lipinski definition) is 1. The van der Waals surface area contributed by atoms with E-state index in [9.17, 15) is 13.2 Å². The van der Waals surface area contributed by atoms with Crippen LogP contribution in [0.4, 0.5) is 0 Å². The summed E-state index contributed by atoms with van der Waals surface area (Å²) >= 11 is 1.37. The number of rotatable bonds is 2. The number of thiophene rings is 1. The third-order valence-electron chi connectivity index (χ3n) is 4.00. The van der Waals surface area contributed by atoms with Crippen LogP contribution in [-0.2, 0) is 9.84 Å². The van der Waals surface area contributed by atoms with Crippen molar-refractivity contribution in [2.24, 2.45) is 0 Å². The molecule has 1 N–H and O–H groups in total. The van der Waals surface area contributed by atoms with Crippen LogP contribution in [0.5, 0.6) is 0 Å². The van der Waals surface area contributed by atoms with E-state index in [2.05, 4.69) is 10.3 Å². The lowest BCUT2D eigenvalue weighted by Gasteiger charge is -2.10. The molecule has 1 aliphatic heterocycles. The Bertz CT molecular complexity index is 869. The summed E-state index contributed by atoms with van der Waals surface area (Å²) in [5.74, 6) is 0.00193. The average molecular weight is 338 g/mol. The molecule has 0 aromatic carbocycles. The summed E-state index contributed by atoms with van der Waals surface area (Å²) in [6, 6.07) is 1.73. The Balaban J connectivity index is 1.92. The van der Waals surface area contributed by atoms with Crippen LogP contribution in [0.3, 0.4) is 0 Å². The van der Waals surface area contributed by atoms with Gasteiger partial charge in [-0.1, -0.05) is 0 Å². The number of amides is 1. The van der Waals surface area contributed by atoms with E-state index in [1.54, 1.807) is 0 Å². The molecule has 22 heavy (non-hydrogen) atoms. The van der Waals surface area contributed by atoms with Crippen molar-refractivity contribution in [3.8, 4) is 0 Å². The van der Waals surface area contributed by atoms with Gasteiger partial charge in [-0.15, -0.1) is 11.3 Å². The monoisotopic (exact) mass is 338 g/mol. The molecule has 1 amide bonds. The maximum atomic E-state index is 12.5. The molecule has 5 nitrogen and oxygen atoms in total. The number of nitrogens with one attached hydrogen (secondary N) is 1. The van der Waals surface area contributed by atoms with Crippen molar-refractivity contribution in [3.63, 3.8) is 0 Å². The summed E-state index contributed by atoms with van der Waals surface area (Å²) < 4.78 is 23.0. The van der Waals surface area contributed by atoms with Gasteiger partial charge in [0.05, 0.1) is 16.4 Å². The van der Waals surface area contributed by atoms with Gasteiger partial charge in [0.15, 0.2) is 9.84 Å². The van der Waals surface area contributed by atoms with E-state index in [0.29, 0.717) is 11.3 Å². The van der Waals surface area contributed by atoms with Crippen LogP contribution in [0.15, 0.2) is 6.07 Å². The average Bonchev–Trinajstić information content (AvgIpc) is 2.89. The van der Waals surface area contributed by atoms with E-state index in [4.69, 9.17) is 0 Å². The van der Waals surface area contributed by atoms with Gasteiger partial charge in [-0.25, -0.2) is 13.4 Å². The van der Waals surface area contributed by atoms with Gasteiger partial charge in [-0.2, -0.15) is 0 Å². The number of nitrogens with zero attached hydrogens (tertiary/aromatic N) is 1. The number of sulfone groups is 1.